The van der Waals surface area contributed by atoms with E-state index in [4.69, 9.17) is 17.0 Å². The number of non-ortho nitro benzene ring substituents is 1. The van der Waals surface area contributed by atoms with E-state index >= 15 is 0 Å². The fourth-order valence-electron chi connectivity index (χ4n) is 3.56. The van der Waals surface area contributed by atoms with Crippen LogP contribution in [0.15, 0.2) is 42.5 Å². The van der Waals surface area contributed by atoms with Crippen molar-refractivity contribution in [3.63, 3.8) is 0 Å². The van der Waals surface area contributed by atoms with Crippen LogP contribution in [0, 0.1) is 17.0 Å². The van der Waals surface area contributed by atoms with E-state index in [2.05, 4.69) is 5.32 Å². The van der Waals surface area contributed by atoms with Crippen LogP contribution in [-0.4, -0.2) is 15.8 Å². The number of hydrogen-bond acceptors (Lipinski definition) is 4. The highest BCUT2D eigenvalue weighted by atomic mass is 32.1. The maximum Gasteiger partial charge on any atom is 0.270 e. The molecule has 1 fully saturated rings. The molecule has 2 aliphatic heterocycles. The number of rotatable bonds is 2. The minimum Gasteiger partial charge on any atom is -0.467 e. The number of fused-ring (bicyclic) bond motifs is 4. The number of nitro benzene ring substituents is 1. The van der Waals surface area contributed by atoms with Crippen molar-refractivity contribution in [2.75, 3.05) is 4.90 Å². The van der Waals surface area contributed by atoms with Gasteiger partial charge in [0.1, 0.15) is 5.75 Å². The van der Waals surface area contributed by atoms with Gasteiger partial charge in [-0.05, 0) is 44.3 Å². The summed E-state index contributed by atoms with van der Waals surface area (Å²) >= 11 is 5.58. The van der Waals surface area contributed by atoms with Gasteiger partial charge in [-0.2, -0.15) is 0 Å². The number of nitro groups is 1. The number of thiocarbonyl (C=S) groups is 1. The van der Waals surface area contributed by atoms with E-state index in [9.17, 15) is 10.1 Å². The van der Waals surface area contributed by atoms with Gasteiger partial charge in [-0.1, -0.05) is 17.7 Å². The molecule has 25 heavy (non-hydrogen) atoms. The van der Waals surface area contributed by atoms with Crippen molar-refractivity contribution >= 4 is 28.7 Å². The minimum atomic E-state index is -0.647. The molecule has 0 amide bonds. The standard InChI is InChI=1S/C18H17N3O3S/c1-11-3-5-12(6-4-11)20-17(25)19-15-10-18(20,2)24-16-8-7-13(21(22)23)9-14(15)16/h3-9,15H,10H2,1-2H3,(H,19,25)/t15-,18-/m0/s1. The Morgan fingerprint density at radius 2 is 2.04 bits per heavy atom. The fourth-order valence-corrected chi connectivity index (χ4v) is 4.00. The van der Waals surface area contributed by atoms with Crippen molar-refractivity contribution < 1.29 is 9.66 Å². The van der Waals surface area contributed by atoms with Crippen LogP contribution < -0.4 is 15.0 Å². The van der Waals surface area contributed by atoms with E-state index in [1.54, 1.807) is 12.1 Å². The number of aryl methyl sites for hydroxylation is 1. The van der Waals surface area contributed by atoms with E-state index in [1.807, 2.05) is 43.0 Å². The van der Waals surface area contributed by atoms with Gasteiger partial charge >= 0.3 is 0 Å². The summed E-state index contributed by atoms with van der Waals surface area (Å²) < 4.78 is 6.27. The van der Waals surface area contributed by atoms with Crippen LogP contribution in [0.2, 0.25) is 0 Å². The SMILES string of the molecule is Cc1ccc(N2C(=S)N[C@H]3C[C@]2(C)Oc2ccc([N+](=O)[O-])cc23)cc1. The van der Waals surface area contributed by atoms with Gasteiger partial charge in [0.25, 0.3) is 5.69 Å². The lowest BCUT2D eigenvalue weighted by Crippen LogP contribution is -2.65. The number of benzene rings is 2. The number of hydrogen-bond donors (Lipinski definition) is 1. The largest absolute Gasteiger partial charge is 0.467 e. The lowest BCUT2D eigenvalue weighted by atomic mass is 9.90. The van der Waals surface area contributed by atoms with Gasteiger partial charge < -0.3 is 10.1 Å². The van der Waals surface area contributed by atoms with Crippen molar-refractivity contribution in [3.8, 4) is 5.75 Å². The quantitative estimate of drug-likeness (QED) is 0.502. The van der Waals surface area contributed by atoms with E-state index in [0.717, 1.165) is 11.3 Å². The molecule has 128 valence electrons. The van der Waals surface area contributed by atoms with Crippen LogP contribution in [0.25, 0.3) is 0 Å². The number of anilines is 1. The Morgan fingerprint density at radius 3 is 2.72 bits per heavy atom. The van der Waals surface area contributed by atoms with E-state index in [-0.39, 0.29) is 11.7 Å². The number of ether oxygens (including phenoxy) is 1. The zero-order valence-corrected chi connectivity index (χ0v) is 14.7. The van der Waals surface area contributed by atoms with Gasteiger partial charge in [0, 0.05) is 29.8 Å². The second-order valence-electron chi connectivity index (χ2n) is 6.63. The second-order valence-corrected chi connectivity index (χ2v) is 7.02. The van der Waals surface area contributed by atoms with Crippen molar-refractivity contribution in [3.05, 3.63) is 63.7 Å². The van der Waals surface area contributed by atoms with Crippen LogP contribution >= 0.6 is 12.2 Å². The van der Waals surface area contributed by atoms with Gasteiger partial charge in [0.05, 0.1) is 11.0 Å². The molecule has 1 N–H and O–H groups in total. The molecule has 0 radical (unpaired) electrons. The topological polar surface area (TPSA) is 67.6 Å². The maximum atomic E-state index is 11.1. The molecule has 0 saturated carbocycles. The second kappa shape index (κ2) is 5.42. The third-order valence-corrected chi connectivity index (χ3v) is 5.06. The van der Waals surface area contributed by atoms with Gasteiger partial charge in [-0.3, -0.25) is 15.0 Å². The summed E-state index contributed by atoms with van der Waals surface area (Å²) in [4.78, 5) is 12.6. The highest BCUT2D eigenvalue weighted by Gasteiger charge is 2.48. The molecule has 2 aromatic carbocycles. The summed E-state index contributed by atoms with van der Waals surface area (Å²) in [5.41, 5.74) is 2.31. The molecule has 7 heteroatoms. The predicted molar refractivity (Wildman–Crippen MR) is 98.9 cm³/mol. The molecule has 2 bridgehead atoms. The van der Waals surface area contributed by atoms with Gasteiger partial charge in [-0.15, -0.1) is 0 Å². The molecule has 2 aromatic rings. The average molecular weight is 355 g/mol. The van der Waals surface area contributed by atoms with Crippen molar-refractivity contribution in [1.29, 1.82) is 0 Å². The lowest BCUT2D eigenvalue weighted by Gasteiger charge is -2.52. The zero-order chi connectivity index (χ0) is 17.8. The fraction of sp³-hybridized carbons (Fsp3) is 0.278. The first-order valence-electron chi connectivity index (χ1n) is 8.02. The Labute approximate surface area is 150 Å². The highest BCUT2D eigenvalue weighted by molar-refractivity contribution is 7.80. The average Bonchev–Trinajstić information content (AvgIpc) is 2.55. The molecule has 2 aliphatic rings. The minimum absolute atomic E-state index is 0.0552. The Balaban J connectivity index is 1.77. The molecule has 1 saturated heterocycles. The Kier molecular flexibility index (Phi) is 3.43. The molecule has 0 unspecified atom stereocenters. The van der Waals surface area contributed by atoms with Crippen LogP contribution in [0.1, 0.15) is 30.5 Å². The summed E-state index contributed by atoms with van der Waals surface area (Å²) in [5.74, 6) is 0.650. The first kappa shape index (κ1) is 15.8. The lowest BCUT2D eigenvalue weighted by molar-refractivity contribution is -0.385. The monoisotopic (exact) mass is 355 g/mol. The van der Waals surface area contributed by atoms with Crippen molar-refractivity contribution in [2.45, 2.75) is 32.0 Å². The molecule has 0 spiro atoms. The molecule has 2 heterocycles. The smallest absolute Gasteiger partial charge is 0.270 e. The third kappa shape index (κ3) is 2.51. The van der Waals surface area contributed by atoms with E-state index in [1.165, 1.54) is 11.6 Å². The molecular weight excluding hydrogens is 338 g/mol. The highest BCUT2D eigenvalue weighted by Crippen LogP contribution is 2.46. The van der Waals surface area contributed by atoms with Gasteiger partial charge in [0.15, 0.2) is 10.8 Å². The normalized spacial score (nSPS) is 24.2. The zero-order valence-electron chi connectivity index (χ0n) is 13.9. The third-order valence-electron chi connectivity index (χ3n) is 4.76. The Bertz CT molecular complexity index is 884. The molecule has 4 rings (SSSR count). The van der Waals surface area contributed by atoms with Crippen molar-refractivity contribution in [2.24, 2.45) is 0 Å². The van der Waals surface area contributed by atoms with Crippen LogP contribution in [0.3, 0.4) is 0 Å². The van der Waals surface area contributed by atoms with Crippen LogP contribution in [0.5, 0.6) is 5.75 Å². The summed E-state index contributed by atoms with van der Waals surface area (Å²) in [6.07, 6.45) is 0.634. The molecular formula is C18H17N3O3S. The first-order valence-corrected chi connectivity index (χ1v) is 8.43. The van der Waals surface area contributed by atoms with Gasteiger partial charge in [-0.25, -0.2) is 0 Å². The first-order chi connectivity index (χ1) is 11.9. The summed E-state index contributed by atoms with van der Waals surface area (Å²) in [6, 6.07) is 12.7. The summed E-state index contributed by atoms with van der Waals surface area (Å²) in [6.45, 7) is 4.03. The molecule has 6 nitrogen and oxygen atoms in total. The molecule has 0 aliphatic carbocycles. The molecule has 2 atom stereocenters. The summed E-state index contributed by atoms with van der Waals surface area (Å²) in [7, 11) is 0. The van der Waals surface area contributed by atoms with E-state index in [0.29, 0.717) is 17.3 Å². The number of nitrogens with zero attached hydrogens (tertiary/aromatic N) is 2. The van der Waals surface area contributed by atoms with E-state index < -0.39 is 10.6 Å². The molecule has 0 aromatic heterocycles. The summed E-state index contributed by atoms with van der Waals surface area (Å²) in [5, 5.41) is 14.9. The Morgan fingerprint density at radius 1 is 1.32 bits per heavy atom. The van der Waals surface area contributed by atoms with Crippen LogP contribution in [-0.2, 0) is 0 Å². The Hall–Kier alpha value is -2.67. The van der Waals surface area contributed by atoms with Crippen LogP contribution in [0.4, 0.5) is 11.4 Å². The maximum absolute atomic E-state index is 11.1. The predicted octanol–water partition coefficient (Wildman–Crippen LogP) is 3.84. The van der Waals surface area contributed by atoms with Gasteiger partial charge in [0.2, 0.25) is 0 Å². The number of nitrogens with one attached hydrogen (secondary N) is 1. The van der Waals surface area contributed by atoms with Crippen molar-refractivity contribution in [1.82, 2.24) is 5.32 Å².